The Labute approximate surface area is 192 Å². The minimum Gasteiger partial charge on any atom is -0.478 e. The van der Waals surface area contributed by atoms with Crippen LogP contribution in [0, 0.1) is 0 Å². The van der Waals surface area contributed by atoms with Crippen LogP contribution < -0.4 is 15.4 Å². The summed E-state index contributed by atoms with van der Waals surface area (Å²) >= 11 is 0. The van der Waals surface area contributed by atoms with Crippen molar-refractivity contribution in [3.05, 3.63) is 47.9 Å². The zero-order valence-electron chi connectivity index (χ0n) is 18.7. The molecule has 9 nitrogen and oxygen atoms in total. The van der Waals surface area contributed by atoms with Gasteiger partial charge in [-0.3, -0.25) is 4.79 Å². The van der Waals surface area contributed by atoms with E-state index >= 15 is 0 Å². The molecule has 5 rings (SSSR count). The van der Waals surface area contributed by atoms with Crippen LogP contribution in [0.15, 0.2) is 36.7 Å². The van der Waals surface area contributed by atoms with Gasteiger partial charge in [0.05, 0.1) is 23.6 Å². The van der Waals surface area contributed by atoms with Gasteiger partial charge < -0.3 is 25.1 Å². The molecule has 0 aromatic carbocycles. The second-order valence-corrected chi connectivity index (χ2v) is 8.56. The number of amides is 1. The number of fused-ring (bicyclic) bond motifs is 2. The number of ether oxygens (including phenoxy) is 2. The first-order valence-electron chi connectivity index (χ1n) is 11.3. The van der Waals surface area contributed by atoms with E-state index < -0.39 is 0 Å². The van der Waals surface area contributed by atoms with Gasteiger partial charge in [-0.2, -0.15) is 0 Å². The van der Waals surface area contributed by atoms with E-state index in [1.807, 2.05) is 24.3 Å². The van der Waals surface area contributed by atoms with Crippen LogP contribution in [0.4, 0.5) is 0 Å². The fourth-order valence-electron chi connectivity index (χ4n) is 4.58. The predicted octanol–water partition coefficient (Wildman–Crippen LogP) is 2.31. The number of pyridine rings is 1. The molecular formula is C24H28N6O3. The molecule has 0 unspecified atom stereocenters. The molecule has 1 amide bonds. The third kappa shape index (κ3) is 4.34. The van der Waals surface area contributed by atoms with Gasteiger partial charge in [-0.05, 0) is 37.6 Å². The first kappa shape index (κ1) is 21.5. The molecule has 1 spiro atoms. The Bertz CT molecular complexity index is 1120. The summed E-state index contributed by atoms with van der Waals surface area (Å²) in [6.45, 7) is 3.71. The summed E-state index contributed by atoms with van der Waals surface area (Å²) in [5, 5.41) is 6.55. The fourth-order valence-corrected chi connectivity index (χ4v) is 4.58. The lowest BCUT2D eigenvalue weighted by molar-refractivity contribution is 0.0915. The summed E-state index contributed by atoms with van der Waals surface area (Å²) in [6.07, 6.45) is 6.36. The number of nitrogens with one attached hydrogen (secondary N) is 3. The molecular weight excluding hydrogens is 420 g/mol. The molecule has 3 aromatic rings. The maximum atomic E-state index is 12.6. The van der Waals surface area contributed by atoms with Gasteiger partial charge in [-0.25, -0.2) is 15.0 Å². The van der Waals surface area contributed by atoms with Gasteiger partial charge in [0.2, 0.25) is 5.88 Å². The summed E-state index contributed by atoms with van der Waals surface area (Å²) in [7, 11) is 1.67. The molecule has 3 N–H and O–H groups in total. The molecule has 0 bridgehead atoms. The smallest absolute Gasteiger partial charge is 0.253 e. The standard InChI is InChI=1S/C24H28N6O3/c1-32-10-3-11-33-20-5-4-16(13-27-20)22-26-9-6-18(30-22)19-12-17-21(29-19)24(15-28-23(17)31)7-2-8-25-14-24/h4-6,9,12-13,25,29H,2-3,7-8,10-11,14-15H2,1H3,(H,28,31)/t24-/m1/s1. The molecule has 1 atom stereocenters. The number of hydrogen-bond acceptors (Lipinski definition) is 7. The normalized spacial score (nSPS) is 19.8. The van der Waals surface area contributed by atoms with Crippen LogP contribution in [0.25, 0.3) is 22.8 Å². The van der Waals surface area contributed by atoms with Crippen LogP contribution in [-0.4, -0.2) is 65.8 Å². The second kappa shape index (κ2) is 9.29. The molecule has 3 aromatic heterocycles. The molecule has 1 fully saturated rings. The number of H-pyrrole nitrogens is 1. The van der Waals surface area contributed by atoms with E-state index in [0.717, 1.165) is 55.0 Å². The minimum atomic E-state index is -0.0986. The van der Waals surface area contributed by atoms with Crippen molar-refractivity contribution in [2.75, 3.05) is 40.0 Å². The molecule has 2 aliphatic heterocycles. The van der Waals surface area contributed by atoms with Crippen molar-refractivity contribution in [2.24, 2.45) is 0 Å². The zero-order valence-corrected chi connectivity index (χ0v) is 18.7. The Kier molecular flexibility index (Phi) is 6.06. The number of carbonyl (C=O) groups excluding carboxylic acids is 1. The number of rotatable bonds is 7. The molecule has 0 saturated carbocycles. The highest BCUT2D eigenvalue weighted by molar-refractivity contribution is 5.98. The molecule has 0 aliphatic carbocycles. The van der Waals surface area contributed by atoms with Gasteiger partial charge in [0.15, 0.2) is 5.82 Å². The average molecular weight is 449 g/mol. The Hall–Kier alpha value is -3.30. The first-order valence-corrected chi connectivity index (χ1v) is 11.3. The number of methoxy groups -OCH3 is 1. The van der Waals surface area contributed by atoms with Crippen molar-refractivity contribution in [1.29, 1.82) is 0 Å². The van der Waals surface area contributed by atoms with Crippen LogP contribution in [-0.2, 0) is 10.2 Å². The van der Waals surface area contributed by atoms with E-state index in [-0.39, 0.29) is 11.3 Å². The van der Waals surface area contributed by atoms with Crippen molar-refractivity contribution >= 4 is 5.91 Å². The largest absolute Gasteiger partial charge is 0.478 e. The van der Waals surface area contributed by atoms with Gasteiger partial charge in [-0.15, -0.1) is 0 Å². The summed E-state index contributed by atoms with van der Waals surface area (Å²) in [5.74, 6) is 1.08. The maximum Gasteiger partial charge on any atom is 0.253 e. The fraction of sp³-hybridized carbons (Fsp3) is 0.417. The zero-order chi connectivity index (χ0) is 22.7. The van der Waals surface area contributed by atoms with E-state index in [1.54, 1.807) is 19.5 Å². The van der Waals surface area contributed by atoms with Crippen molar-refractivity contribution < 1.29 is 14.3 Å². The number of piperidine rings is 1. The highest BCUT2D eigenvalue weighted by Crippen LogP contribution is 2.37. The maximum absolute atomic E-state index is 12.6. The lowest BCUT2D eigenvalue weighted by Gasteiger charge is -2.40. The van der Waals surface area contributed by atoms with Crippen LogP contribution >= 0.6 is 0 Å². The van der Waals surface area contributed by atoms with E-state index in [0.29, 0.717) is 37.0 Å². The van der Waals surface area contributed by atoms with E-state index in [9.17, 15) is 4.79 Å². The third-order valence-electron chi connectivity index (χ3n) is 6.32. The van der Waals surface area contributed by atoms with Gasteiger partial charge in [0.25, 0.3) is 5.91 Å². The highest BCUT2D eigenvalue weighted by atomic mass is 16.5. The topological polar surface area (TPSA) is 114 Å². The summed E-state index contributed by atoms with van der Waals surface area (Å²) < 4.78 is 10.6. The lowest BCUT2D eigenvalue weighted by Crippen LogP contribution is -2.54. The third-order valence-corrected chi connectivity index (χ3v) is 6.32. The molecule has 172 valence electrons. The highest BCUT2D eigenvalue weighted by Gasteiger charge is 2.42. The Balaban J connectivity index is 1.39. The molecule has 33 heavy (non-hydrogen) atoms. The second-order valence-electron chi connectivity index (χ2n) is 8.56. The van der Waals surface area contributed by atoms with Crippen molar-refractivity contribution in [3.63, 3.8) is 0 Å². The molecule has 0 radical (unpaired) electrons. The number of aromatic nitrogens is 4. The Morgan fingerprint density at radius 1 is 1.15 bits per heavy atom. The van der Waals surface area contributed by atoms with Crippen LogP contribution in [0.1, 0.15) is 35.3 Å². The summed E-state index contributed by atoms with van der Waals surface area (Å²) in [5.41, 5.74) is 3.96. The predicted molar refractivity (Wildman–Crippen MR) is 123 cm³/mol. The number of carbonyl (C=O) groups is 1. The average Bonchev–Trinajstić information content (AvgIpc) is 3.33. The van der Waals surface area contributed by atoms with E-state index in [1.165, 1.54) is 0 Å². The van der Waals surface area contributed by atoms with Crippen molar-refractivity contribution in [1.82, 2.24) is 30.6 Å². The monoisotopic (exact) mass is 448 g/mol. The number of hydrogen-bond donors (Lipinski definition) is 3. The SMILES string of the molecule is COCCCOc1ccc(-c2nccc(-c3cc4c([nH]3)[C@@]3(CCCNC3)CNC4=O)n2)cn1. The van der Waals surface area contributed by atoms with Crippen LogP contribution in [0.5, 0.6) is 5.88 Å². The van der Waals surface area contributed by atoms with E-state index in [2.05, 4.69) is 25.6 Å². The molecule has 9 heteroatoms. The lowest BCUT2D eigenvalue weighted by atomic mass is 9.74. The van der Waals surface area contributed by atoms with E-state index in [4.69, 9.17) is 14.5 Å². The van der Waals surface area contributed by atoms with Gasteiger partial charge in [0, 0.05) is 68.4 Å². The van der Waals surface area contributed by atoms with Crippen LogP contribution in [0.3, 0.4) is 0 Å². The molecule has 2 aliphatic rings. The van der Waals surface area contributed by atoms with Crippen molar-refractivity contribution in [3.8, 4) is 28.7 Å². The Morgan fingerprint density at radius 3 is 2.88 bits per heavy atom. The van der Waals surface area contributed by atoms with Crippen molar-refractivity contribution in [2.45, 2.75) is 24.7 Å². The number of nitrogens with zero attached hydrogens (tertiary/aromatic N) is 3. The van der Waals surface area contributed by atoms with Gasteiger partial charge >= 0.3 is 0 Å². The summed E-state index contributed by atoms with van der Waals surface area (Å²) in [6, 6.07) is 7.47. The quantitative estimate of drug-likeness (QED) is 0.475. The minimum absolute atomic E-state index is 0.0386. The number of aromatic amines is 1. The Morgan fingerprint density at radius 2 is 2.09 bits per heavy atom. The first-order chi connectivity index (χ1) is 16.2. The van der Waals surface area contributed by atoms with Gasteiger partial charge in [0.1, 0.15) is 0 Å². The molecule has 5 heterocycles. The van der Waals surface area contributed by atoms with Gasteiger partial charge in [-0.1, -0.05) is 0 Å². The summed E-state index contributed by atoms with van der Waals surface area (Å²) in [4.78, 5) is 29.6. The molecule has 1 saturated heterocycles. The van der Waals surface area contributed by atoms with Crippen LogP contribution in [0.2, 0.25) is 0 Å².